The number of rotatable bonds is 20. The number of unbranched alkanes of at least 4 members (excludes halogenated alkanes) is 5. The van der Waals surface area contributed by atoms with E-state index >= 15 is 0 Å². The zero-order valence-corrected chi connectivity index (χ0v) is 23.6. The average Bonchev–Trinajstić information content (AvgIpc) is 3.20. The van der Waals surface area contributed by atoms with E-state index in [1.807, 2.05) is 0 Å². The summed E-state index contributed by atoms with van der Waals surface area (Å²) in [4.78, 5) is 63.2. The maximum absolute atomic E-state index is 13.1. The van der Waals surface area contributed by atoms with Crippen LogP contribution in [0.4, 0.5) is 5.69 Å². The number of benzene rings is 1. The molecule has 3 rings (SSSR count). The second kappa shape index (κ2) is 17.6. The molecule has 0 aliphatic carbocycles. The summed E-state index contributed by atoms with van der Waals surface area (Å²) >= 11 is 0. The van der Waals surface area contributed by atoms with Crippen molar-refractivity contribution in [3.63, 3.8) is 0 Å². The Morgan fingerprint density at radius 3 is 2.15 bits per heavy atom. The van der Waals surface area contributed by atoms with Crippen LogP contribution in [0.5, 0.6) is 0 Å². The van der Waals surface area contributed by atoms with E-state index < -0.39 is 29.7 Å². The van der Waals surface area contributed by atoms with Gasteiger partial charge in [0.2, 0.25) is 17.7 Å². The molecule has 1 fully saturated rings. The number of anilines is 1. The molecular weight excluding hydrogens is 532 g/mol. The van der Waals surface area contributed by atoms with Gasteiger partial charge in [-0.25, -0.2) is 0 Å². The van der Waals surface area contributed by atoms with E-state index in [1.54, 1.807) is 12.1 Å². The number of imide groups is 2. The Kier molecular flexibility index (Phi) is 13.9. The van der Waals surface area contributed by atoms with Crippen LogP contribution in [-0.4, -0.2) is 86.7 Å². The van der Waals surface area contributed by atoms with E-state index in [1.165, 1.54) is 6.07 Å². The summed E-state index contributed by atoms with van der Waals surface area (Å²) in [5, 5.41) is 4.90. The van der Waals surface area contributed by atoms with E-state index in [0.29, 0.717) is 39.5 Å². The van der Waals surface area contributed by atoms with Crippen LogP contribution < -0.4 is 16.4 Å². The van der Waals surface area contributed by atoms with E-state index in [-0.39, 0.29) is 42.0 Å². The summed E-state index contributed by atoms with van der Waals surface area (Å²) in [6, 6.07) is 3.57. The van der Waals surface area contributed by atoms with Crippen molar-refractivity contribution in [2.24, 2.45) is 5.73 Å². The quantitative estimate of drug-likeness (QED) is 0.156. The number of hydrogen-bond acceptors (Lipinski definition) is 9. The number of amides is 5. The Hall–Kier alpha value is -3.19. The number of carbonyl (C=O) groups excluding carboxylic acids is 5. The first kappa shape index (κ1) is 32.3. The van der Waals surface area contributed by atoms with Crippen molar-refractivity contribution in [3.05, 3.63) is 29.3 Å². The van der Waals surface area contributed by atoms with Crippen LogP contribution in [0.1, 0.15) is 84.9 Å². The highest BCUT2D eigenvalue weighted by molar-refractivity contribution is 6.26. The van der Waals surface area contributed by atoms with Gasteiger partial charge in [-0.1, -0.05) is 25.3 Å². The summed E-state index contributed by atoms with van der Waals surface area (Å²) < 4.78 is 16.6. The molecule has 1 aromatic carbocycles. The number of nitrogens with one attached hydrogen (secondary N) is 2. The number of ether oxygens (including phenoxy) is 3. The maximum Gasteiger partial charge on any atom is 0.264 e. The van der Waals surface area contributed by atoms with Gasteiger partial charge in [-0.3, -0.25) is 34.2 Å². The van der Waals surface area contributed by atoms with Gasteiger partial charge < -0.3 is 25.3 Å². The molecule has 1 saturated heterocycles. The summed E-state index contributed by atoms with van der Waals surface area (Å²) in [5.74, 6) is -2.65. The molecule has 226 valence electrons. The lowest BCUT2D eigenvalue weighted by Crippen LogP contribution is -2.54. The Balaban J connectivity index is 1.26. The second-order valence-electron chi connectivity index (χ2n) is 10.1. The number of hydrogen-bond donors (Lipinski definition) is 3. The van der Waals surface area contributed by atoms with Gasteiger partial charge >= 0.3 is 0 Å². The molecule has 1 atom stereocenters. The molecular formula is C29H42N4O8. The Morgan fingerprint density at radius 2 is 1.49 bits per heavy atom. The van der Waals surface area contributed by atoms with Crippen molar-refractivity contribution in [1.82, 2.24) is 10.2 Å². The molecule has 0 saturated carbocycles. The number of fused-ring (bicyclic) bond motifs is 1. The van der Waals surface area contributed by atoms with Gasteiger partial charge in [0, 0.05) is 26.1 Å². The van der Waals surface area contributed by atoms with Gasteiger partial charge in [0.05, 0.1) is 43.2 Å². The molecule has 4 N–H and O–H groups in total. The molecule has 0 radical (unpaired) electrons. The largest absolute Gasteiger partial charge is 0.379 e. The molecule has 0 bridgehead atoms. The molecule has 5 amide bonds. The fourth-order valence-corrected chi connectivity index (χ4v) is 4.74. The van der Waals surface area contributed by atoms with Crippen molar-refractivity contribution in [1.29, 1.82) is 0 Å². The third-order valence-electron chi connectivity index (χ3n) is 6.92. The Labute approximate surface area is 240 Å². The third-order valence-corrected chi connectivity index (χ3v) is 6.92. The average molecular weight is 575 g/mol. The van der Waals surface area contributed by atoms with Crippen LogP contribution in [0.15, 0.2) is 18.2 Å². The highest BCUT2D eigenvalue weighted by Gasteiger charge is 2.45. The first-order valence-corrected chi connectivity index (χ1v) is 14.5. The monoisotopic (exact) mass is 574 g/mol. The van der Waals surface area contributed by atoms with Crippen molar-refractivity contribution in [3.8, 4) is 0 Å². The lowest BCUT2D eigenvalue weighted by molar-refractivity contribution is -0.136. The minimum atomic E-state index is -1.06. The third kappa shape index (κ3) is 9.99. The van der Waals surface area contributed by atoms with E-state index in [2.05, 4.69) is 10.6 Å². The molecule has 0 spiro atoms. The number of nitrogens with two attached hydrogens (primary N) is 1. The number of piperidine rings is 1. The van der Waals surface area contributed by atoms with Crippen molar-refractivity contribution < 1.29 is 38.2 Å². The highest BCUT2D eigenvalue weighted by Crippen LogP contribution is 2.32. The first-order valence-electron chi connectivity index (χ1n) is 14.5. The van der Waals surface area contributed by atoms with Gasteiger partial charge in [0.15, 0.2) is 0 Å². The smallest absolute Gasteiger partial charge is 0.264 e. The molecule has 2 aliphatic rings. The van der Waals surface area contributed by atoms with Crippen LogP contribution in [-0.2, 0) is 28.6 Å². The summed E-state index contributed by atoms with van der Waals surface area (Å²) in [6.45, 7) is 4.19. The van der Waals surface area contributed by atoms with Crippen molar-refractivity contribution in [2.75, 3.05) is 51.5 Å². The molecule has 2 aliphatic heterocycles. The first-order chi connectivity index (χ1) is 19.9. The van der Waals surface area contributed by atoms with Gasteiger partial charge in [-0.05, 0) is 50.8 Å². The maximum atomic E-state index is 13.1. The fourth-order valence-electron chi connectivity index (χ4n) is 4.74. The van der Waals surface area contributed by atoms with E-state index in [9.17, 15) is 24.0 Å². The minimum absolute atomic E-state index is 0.0401. The Morgan fingerprint density at radius 1 is 0.854 bits per heavy atom. The topological polar surface area (TPSA) is 166 Å². The molecule has 12 nitrogen and oxygen atoms in total. The zero-order chi connectivity index (χ0) is 29.5. The molecule has 0 aromatic heterocycles. The van der Waals surface area contributed by atoms with Gasteiger partial charge in [0.1, 0.15) is 6.04 Å². The highest BCUT2D eigenvalue weighted by atomic mass is 16.5. The zero-order valence-electron chi connectivity index (χ0n) is 23.6. The lowest BCUT2D eigenvalue weighted by Gasteiger charge is -2.27. The van der Waals surface area contributed by atoms with Crippen LogP contribution in [0.3, 0.4) is 0 Å². The van der Waals surface area contributed by atoms with Crippen molar-refractivity contribution in [2.45, 2.75) is 70.3 Å². The predicted molar refractivity (Wildman–Crippen MR) is 150 cm³/mol. The molecule has 12 heteroatoms. The predicted octanol–water partition coefficient (Wildman–Crippen LogP) is 2.16. The molecule has 2 heterocycles. The van der Waals surface area contributed by atoms with Crippen LogP contribution in [0.25, 0.3) is 0 Å². The standard InChI is InChI=1S/C29H42N4O8/c30-14-5-1-2-6-15-39-17-19-41-20-18-40-16-7-3-4-11-24(34)31-22-10-8-9-21-26(22)29(38)33(28(21)37)23-12-13-25(35)32-27(23)36/h8-10,23H,1-7,11-20,30H2,(H,31,34)(H,32,35,36). The van der Waals surface area contributed by atoms with Crippen LogP contribution in [0.2, 0.25) is 0 Å². The van der Waals surface area contributed by atoms with Gasteiger partial charge in [-0.15, -0.1) is 0 Å². The minimum Gasteiger partial charge on any atom is -0.379 e. The normalized spacial score (nSPS) is 16.7. The van der Waals surface area contributed by atoms with E-state index in [4.69, 9.17) is 19.9 Å². The molecule has 1 unspecified atom stereocenters. The van der Waals surface area contributed by atoms with Crippen LogP contribution >= 0.6 is 0 Å². The number of carbonyl (C=O) groups is 5. The molecule has 1 aromatic rings. The van der Waals surface area contributed by atoms with E-state index in [0.717, 1.165) is 56.6 Å². The lowest BCUT2D eigenvalue weighted by atomic mass is 10.0. The SMILES string of the molecule is NCCCCCCOCCOCCOCCCCCC(=O)Nc1cccc2c1C(=O)N(C1CCC(=O)NC1=O)C2=O. The fraction of sp³-hybridized carbons (Fsp3) is 0.621. The van der Waals surface area contributed by atoms with Crippen molar-refractivity contribution >= 4 is 35.2 Å². The van der Waals surface area contributed by atoms with Crippen LogP contribution in [0, 0.1) is 0 Å². The Bertz CT molecular complexity index is 1060. The summed E-state index contributed by atoms with van der Waals surface area (Å²) in [6.07, 6.45) is 6.99. The second-order valence-corrected chi connectivity index (χ2v) is 10.1. The van der Waals surface area contributed by atoms with Gasteiger partial charge in [-0.2, -0.15) is 0 Å². The number of nitrogens with zero attached hydrogens (tertiary/aromatic N) is 1. The van der Waals surface area contributed by atoms with Gasteiger partial charge in [0.25, 0.3) is 11.8 Å². The molecule has 41 heavy (non-hydrogen) atoms. The summed E-state index contributed by atoms with van der Waals surface area (Å²) in [7, 11) is 0. The summed E-state index contributed by atoms with van der Waals surface area (Å²) in [5.41, 5.74) is 5.89.